The molecule has 1 heterocycles. The zero-order valence-corrected chi connectivity index (χ0v) is 10.7. The number of hydrogen-bond donors (Lipinski definition) is 1. The van der Waals surface area contributed by atoms with Crippen LogP contribution in [-0.2, 0) is 4.79 Å². The molecule has 0 aliphatic heterocycles. The van der Waals surface area contributed by atoms with Crippen LogP contribution in [0.2, 0.25) is 5.15 Å². The Kier molecular flexibility index (Phi) is 3.66. The van der Waals surface area contributed by atoms with Crippen LogP contribution in [0, 0.1) is 12.7 Å². The predicted molar refractivity (Wildman–Crippen MR) is 69.9 cm³/mol. The molecular weight excluding hydrogens is 271 g/mol. The van der Waals surface area contributed by atoms with Crippen molar-refractivity contribution in [1.29, 1.82) is 0 Å². The van der Waals surface area contributed by atoms with Gasteiger partial charge in [0.05, 0.1) is 11.4 Å². The highest BCUT2D eigenvalue weighted by Gasteiger charge is 2.12. The van der Waals surface area contributed by atoms with Crippen molar-refractivity contribution in [2.45, 2.75) is 6.92 Å². The third kappa shape index (κ3) is 2.82. The highest BCUT2D eigenvalue weighted by molar-refractivity contribution is 6.31. The summed E-state index contributed by atoms with van der Waals surface area (Å²) in [5.41, 5.74) is 1.71. The van der Waals surface area contributed by atoms with E-state index in [2.05, 4.69) is 5.10 Å². The van der Waals surface area contributed by atoms with E-state index in [-0.39, 0.29) is 11.0 Å². The molecule has 19 heavy (non-hydrogen) atoms. The van der Waals surface area contributed by atoms with E-state index in [0.717, 1.165) is 6.08 Å². The Balaban J connectivity index is 2.46. The summed E-state index contributed by atoms with van der Waals surface area (Å²) in [6.45, 7) is 1.72. The standard InChI is InChI=1S/C13H10ClFN2O2/c1-8-11(6-7-12(18)19)13(14)17(16-8)10-4-2-9(15)3-5-10/h2-7H,1H3,(H,18,19). The van der Waals surface area contributed by atoms with Crippen molar-refractivity contribution in [2.75, 3.05) is 0 Å². The lowest BCUT2D eigenvalue weighted by atomic mass is 10.2. The number of hydrogen-bond acceptors (Lipinski definition) is 2. The van der Waals surface area contributed by atoms with Crippen molar-refractivity contribution in [1.82, 2.24) is 9.78 Å². The van der Waals surface area contributed by atoms with Crippen LogP contribution in [0.15, 0.2) is 30.3 Å². The Hall–Kier alpha value is -2.14. The van der Waals surface area contributed by atoms with Gasteiger partial charge in [-0.15, -0.1) is 0 Å². The van der Waals surface area contributed by atoms with Gasteiger partial charge in [0.2, 0.25) is 0 Å². The molecule has 0 saturated carbocycles. The topological polar surface area (TPSA) is 55.1 Å². The number of aliphatic carboxylic acids is 1. The van der Waals surface area contributed by atoms with Crippen LogP contribution in [-0.4, -0.2) is 20.9 Å². The molecule has 0 fully saturated rings. The molecular formula is C13H10ClFN2O2. The second kappa shape index (κ2) is 5.24. The van der Waals surface area contributed by atoms with Gasteiger partial charge in [-0.05, 0) is 37.3 Å². The van der Waals surface area contributed by atoms with Crippen molar-refractivity contribution in [3.8, 4) is 5.69 Å². The molecule has 0 bridgehead atoms. The molecule has 0 aliphatic carbocycles. The zero-order valence-electron chi connectivity index (χ0n) is 9.97. The number of carboxylic acid groups (broad SMARTS) is 1. The minimum absolute atomic E-state index is 0.279. The summed E-state index contributed by atoms with van der Waals surface area (Å²) in [5, 5.41) is 13.1. The fourth-order valence-electron chi connectivity index (χ4n) is 1.61. The van der Waals surface area contributed by atoms with E-state index < -0.39 is 5.97 Å². The minimum atomic E-state index is -1.06. The van der Waals surface area contributed by atoms with Crippen LogP contribution < -0.4 is 0 Å². The summed E-state index contributed by atoms with van der Waals surface area (Å²) in [5.74, 6) is -1.42. The Labute approximate surface area is 113 Å². The lowest BCUT2D eigenvalue weighted by Crippen LogP contribution is -1.96. The molecule has 98 valence electrons. The molecule has 4 nitrogen and oxygen atoms in total. The van der Waals surface area contributed by atoms with Gasteiger partial charge in [0.15, 0.2) is 0 Å². The SMILES string of the molecule is Cc1nn(-c2ccc(F)cc2)c(Cl)c1C=CC(=O)O. The lowest BCUT2D eigenvalue weighted by molar-refractivity contribution is -0.131. The second-order valence-corrected chi connectivity index (χ2v) is 4.21. The Morgan fingerprint density at radius 3 is 2.63 bits per heavy atom. The highest BCUT2D eigenvalue weighted by atomic mass is 35.5. The molecule has 0 amide bonds. The van der Waals surface area contributed by atoms with E-state index in [4.69, 9.17) is 16.7 Å². The van der Waals surface area contributed by atoms with E-state index >= 15 is 0 Å². The van der Waals surface area contributed by atoms with Gasteiger partial charge in [0.25, 0.3) is 0 Å². The number of carboxylic acids is 1. The second-order valence-electron chi connectivity index (χ2n) is 3.85. The third-order valence-electron chi connectivity index (χ3n) is 2.51. The normalized spacial score (nSPS) is 11.1. The first-order valence-electron chi connectivity index (χ1n) is 5.41. The molecule has 1 N–H and O–H groups in total. The number of nitrogens with zero attached hydrogens (tertiary/aromatic N) is 2. The van der Waals surface area contributed by atoms with E-state index in [1.807, 2.05) is 0 Å². The maximum Gasteiger partial charge on any atom is 0.328 e. The van der Waals surface area contributed by atoms with E-state index in [0.29, 0.717) is 16.9 Å². The van der Waals surface area contributed by atoms with Gasteiger partial charge in [-0.3, -0.25) is 0 Å². The predicted octanol–water partition coefficient (Wildman–Crippen LogP) is 3.07. The maximum atomic E-state index is 12.9. The van der Waals surface area contributed by atoms with E-state index in [9.17, 15) is 9.18 Å². The summed E-state index contributed by atoms with van der Waals surface area (Å²) in [6, 6.07) is 5.68. The first kappa shape index (κ1) is 13.3. The molecule has 2 rings (SSSR count). The van der Waals surface area contributed by atoms with Crippen LogP contribution in [0.3, 0.4) is 0 Å². The Morgan fingerprint density at radius 1 is 1.42 bits per heavy atom. The van der Waals surface area contributed by atoms with Crippen LogP contribution >= 0.6 is 11.6 Å². The van der Waals surface area contributed by atoms with Crippen LogP contribution in [0.1, 0.15) is 11.3 Å². The Morgan fingerprint density at radius 2 is 2.05 bits per heavy atom. The first-order chi connectivity index (χ1) is 8.99. The van der Waals surface area contributed by atoms with Crippen LogP contribution in [0.4, 0.5) is 4.39 Å². The van der Waals surface area contributed by atoms with Crippen molar-refractivity contribution < 1.29 is 14.3 Å². The number of benzene rings is 1. The van der Waals surface area contributed by atoms with Gasteiger partial charge in [0, 0.05) is 11.6 Å². The molecule has 1 aromatic heterocycles. The van der Waals surface area contributed by atoms with Crippen molar-refractivity contribution in [2.24, 2.45) is 0 Å². The summed E-state index contributed by atoms with van der Waals surface area (Å²) in [6.07, 6.45) is 2.37. The van der Waals surface area contributed by atoms with Gasteiger partial charge >= 0.3 is 5.97 Å². The lowest BCUT2D eigenvalue weighted by Gasteiger charge is -2.02. The molecule has 0 aliphatic rings. The van der Waals surface area contributed by atoms with Gasteiger partial charge in [-0.25, -0.2) is 13.9 Å². The maximum absolute atomic E-state index is 12.9. The Bertz CT molecular complexity index is 647. The summed E-state index contributed by atoms with van der Waals surface area (Å²) < 4.78 is 14.3. The number of halogens is 2. The number of carbonyl (C=O) groups is 1. The molecule has 6 heteroatoms. The average molecular weight is 281 g/mol. The quantitative estimate of drug-likeness (QED) is 0.879. The summed E-state index contributed by atoms with van der Waals surface area (Å²) in [7, 11) is 0. The summed E-state index contributed by atoms with van der Waals surface area (Å²) in [4.78, 5) is 10.5. The number of aromatic nitrogens is 2. The summed E-state index contributed by atoms with van der Waals surface area (Å²) >= 11 is 6.15. The van der Waals surface area contributed by atoms with Crippen molar-refractivity contribution in [3.05, 3.63) is 52.6 Å². The zero-order chi connectivity index (χ0) is 14.0. The van der Waals surface area contributed by atoms with E-state index in [1.165, 1.54) is 22.9 Å². The monoisotopic (exact) mass is 280 g/mol. The first-order valence-corrected chi connectivity index (χ1v) is 5.79. The number of rotatable bonds is 3. The fourth-order valence-corrected chi connectivity index (χ4v) is 1.94. The molecule has 0 saturated heterocycles. The highest BCUT2D eigenvalue weighted by Crippen LogP contribution is 2.24. The van der Waals surface area contributed by atoms with Gasteiger partial charge in [0.1, 0.15) is 11.0 Å². The molecule has 2 aromatic rings. The fraction of sp³-hybridized carbons (Fsp3) is 0.0769. The van der Waals surface area contributed by atoms with Crippen LogP contribution in [0.5, 0.6) is 0 Å². The number of aryl methyl sites for hydroxylation is 1. The van der Waals surface area contributed by atoms with Gasteiger partial charge in [-0.1, -0.05) is 11.6 Å². The van der Waals surface area contributed by atoms with Gasteiger partial charge in [-0.2, -0.15) is 5.10 Å². The van der Waals surface area contributed by atoms with E-state index in [1.54, 1.807) is 19.1 Å². The average Bonchev–Trinajstić information content (AvgIpc) is 2.63. The molecule has 0 unspecified atom stereocenters. The molecule has 0 radical (unpaired) electrons. The molecule has 1 aromatic carbocycles. The molecule has 0 atom stereocenters. The van der Waals surface area contributed by atoms with Gasteiger partial charge < -0.3 is 5.11 Å². The van der Waals surface area contributed by atoms with Crippen molar-refractivity contribution in [3.63, 3.8) is 0 Å². The molecule has 0 spiro atoms. The largest absolute Gasteiger partial charge is 0.478 e. The smallest absolute Gasteiger partial charge is 0.328 e. The third-order valence-corrected chi connectivity index (χ3v) is 2.88. The van der Waals surface area contributed by atoms with Crippen LogP contribution in [0.25, 0.3) is 11.8 Å². The van der Waals surface area contributed by atoms with Crippen molar-refractivity contribution >= 4 is 23.6 Å². The minimum Gasteiger partial charge on any atom is -0.478 e.